The van der Waals surface area contributed by atoms with Crippen LogP contribution < -0.4 is 0 Å². The molecule has 0 aliphatic carbocycles. The van der Waals surface area contributed by atoms with Crippen molar-refractivity contribution in [3.8, 4) is 19.5 Å². The van der Waals surface area contributed by atoms with Gasteiger partial charge in [-0.2, -0.15) is 0 Å². The van der Waals surface area contributed by atoms with E-state index in [9.17, 15) is 10.2 Å². The highest BCUT2D eigenvalue weighted by Gasteiger charge is 2.35. The fraction of sp³-hybridized carbons (Fsp3) is 0.294. The summed E-state index contributed by atoms with van der Waals surface area (Å²) in [5.41, 5.74) is 0. The van der Waals surface area contributed by atoms with Crippen LogP contribution in [-0.2, 0) is 4.74 Å². The van der Waals surface area contributed by atoms with Gasteiger partial charge in [-0.15, -0.1) is 34.0 Å². The molecule has 6 heteroatoms. The van der Waals surface area contributed by atoms with E-state index in [0.717, 1.165) is 4.88 Å². The van der Waals surface area contributed by atoms with E-state index < -0.39 is 12.2 Å². The van der Waals surface area contributed by atoms with Crippen LogP contribution in [0.4, 0.5) is 0 Å². The molecule has 0 saturated carbocycles. The number of ether oxygens (including phenoxy) is 1. The van der Waals surface area contributed by atoms with Crippen LogP contribution in [0.2, 0.25) is 0 Å². The van der Waals surface area contributed by atoms with Crippen molar-refractivity contribution in [3.63, 3.8) is 0 Å². The maximum Gasteiger partial charge on any atom is 0.107 e. The van der Waals surface area contributed by atoms with Crippen LogP contribution in [0.15, 0.2) is 41.8 Å². The molecular weight excluding hydrogens is 348 g/mol. The molecule has 3 aromatic heterocycles. The Kier molecular flexibility index (Phi) is 4.36. The number of rotatable bonds is 4. The first kappa shape index (κ1) is 15.5. The van der Waals surface area contributed by atoms with Crippen molar-refractivity contribution in [2.24, 2.45) is 0 Å². The first-order valence-corrected chi connectivity index (χ1v) is 9.94. The van der Waals surface area contributed by atoms with Crippen molar-refractivity contribution in [2.45, 2.75) is 24.7 Å². The summed E-state index contributed by atoms with van der Waals surface area (Å²) in [6.45, 7) is -0.134. The molecule has 0 unspecified atom stereocenters. The maximum absolute atomic E-state index is 9.88. The molecule has 3 nitrogen and oxygen atoms in total. The predicted molar refractivity (Wildman–Crippen MR) is 96.3 cm³/mol. The molecule has 0 amide bonds. The van der Waals surface area contributed by atoms with Gasteiger partial charge in [0.05, 0.1) is 18.8 Å². The Morgan fingerprint density at radius 2 is 1.74 bits per heavy atom. The van der Waals surface area contributed by atoms with Gasteiger partial charge < -0.3 is 14.9 Å². The number of aliphatic hydroxyl groups is 2. The van der Waals surface area contributed by atoms with Gasteiger partial charge >= 0.3 is 0 Å². The van der Waals surface area contributed by atoms with E-state index >= 15 is 0 Å². The normalized spacial score (nSPS) is 24.3. The fourth-order valence-electron chi connectivity index (χ4n) is 2.76. The van der Waals surface area contributed by atoms with Crippen LogP contribution in [-0.4, -0.2) is 29.0 Å². The van der Waals surface area contributed by atoms with Gasteiger partial charge in [0.2, 0.25) is 0 Å². The summed E-state index contributed by atoms with van der Waals surface area (Å²) >= 11 is 5.26. The zero-order valence-corrected chi connectivity index (χ0v) is 14.7. The largest absolute Gasteiger partial charge is 0.394 e. The Balaban J connectivity index is 1.55. The maximum atomic E-state index is 9.88. The lowest BCUT2D eigenvalue weighted by atomic mass is 10.1. The van der Waals surface area contributed by atoms with Gasteiger partial charge in [-0.1, -0.05) is 6.07 Å². The predicted octanol–water partition coefficient (Wildman–Crippen LogP) is 4.39. The second-order valence-electron chi connectivity index (χ2n) is 5.49. The third-order valence-corrected chi connectivity index (χ3v) is 7.48. The summed E-state index contributed by atoms with van der Waals surface area (Å²) in [6.07, 6.45) is -0.603. The number of aliphatic hydroxyl groups excluding tert-OH is 2. The Hall–Kier alpha value is -1.02. The standard InChI is InChI=1S/C17H16O3S3/c18-9-12-10(19)8-11(20-12)13-3-4-16(22-13)17-6-5-15(23-17)14-2-1-7-21-14/h1-7,10-12,18-19H,8-9H2/t10-,11-,12-/m1/s1. The van der Waals surface area contributed by atoms with Gasteiger partial charge in [0, 0.05) is 30.8 Å². The zero-order chi connectivity index (χ0) is 15.8. The molecule has 0 aromatic carbocycles. The molecule has 3 atom stereocenters. The van der Waals surface area contributed by atoms with Crippen molar-refractivity contribution >= 4 is 34.0 Å². The number of thiophene rings is 3. The molecule has 120 valence electrons. The number of hydrogen-bond acceptors (Lipinski definition) is 6. The molecule has 1 saturated heterocycles. The molecule has 23 heavy (non-hydrogen) atoms. The van der Waals surface area contributed by atoms with Gasteiger partial charge in [0.1, 0.15) is 6.10 Å². The molecule has 0 radical (unpaired) electrons. The molecule has 1 aliphatic heterocycles. The van der Waals surface area contributed by atoms with Gasteiger partial charge in [-0.25, -0.2) is 0 Å². The summed E-state index contributed by atoms with van der Waals surface area (Å²) in [5, 5.41) is 21.2. The molecule has 4 rings (SSSR count). The van der Waals surface area contributed by atoms with Crippen molar-refractivity contribution in [1.82, 2.24) is 0 Å². The minimum atomic E-state index is -0.581. The Morgan fingerprint density at radius 3 is 2.43 bits per heavy atom. The van der Waals surface area contributed by atoms with Crippen molar-refractivity contribution in [1.29, 1.82) is 0 Å². The highest BCUT2D eigenvalue weighted by Crippen LogP contribution is 2.42. The highest BCUT2D eigenvalue weighted by atomic mass is 32.1. The van der Waals surface area contributed by atoms with Crippen LogP contribution in [0.1, 0.15) is 17.4 Å². The zero-order valence-electron chi connectivity index (χ0n) is 12.2. The molecule has 1 fully saturated rings. The molecular formula is C17H16O3S3. The van der Waals surface area contributed by atoms with Gasteiger partial charge in [-0.3, -0.25) is 0 Å². The van der Waals surface area contributed by atoms with E-state index in [4.69, 9.17) is 4.74 Å². The smallest absolute Gasteiger partial charge is 0.107 e. The average Bonchev–Trinajstić information content (AvgIpc) is 3.32. The lowest BCUT2D eigenvalue weighted by Gasteiger charge is -2.10. The second kappa shape index (κ2) is 6.47. The SMILES string of the molecule is OC[C@H]1O[C@@H](c2ccc(-c3ccc(-c4cccs4)s3)s2)C[C@H]1O. The van der Waals surface area contributed by atoms with E-state index in [-0.39, 0.29) is 12.7 Å². The van der Waals surface area contributed by atoms with E-state index in [0.29, 0.717) is 6.42 Å². The third kappa shape index (κ3) is 3.03. The topological polar surface area (TPSA) is 49.7 Å². The molecule has 4 heterocycles. The minimum absolute atomic E-state index is 0.113. The monoisotopic (exact) mass is 364 g/mol. The second-order valence-corrected chi connectivity index (χ2v) is 8.64. The van der Waals surface area contributed by atoms with Crippen LogP contribution in [0, 0.1) is 0 Å². The lowest BCUT2D eigenvalue weighted by molar-refractivity contribution is -0.0216. The molecule has 0 bridgehead atoms. The fourth-order valence-corrected chi connectivity index (χ4v) is 5.74. The quantitative estimate of drug-likeness (QED) is 0.722. The summed E-state index contributed by atoms with van der Waals surface area (Å²) < 4.78 is 5.74. The average molecular weight is 365 g/mol. The molecule has 0 spiro atoms. The van der Waals surface area contributed by atoms with Crippen LogP contribution in [0.25, 0.3) is 19.5 Å². The van der Waals surface area contributed by atoms with Gasteiger partial charge in [0.15, 0.2) is 0 Å². The Bertz CT molecular complexity index is 775. The first-order chi connectivity index (χ1) is 11.2. The van der Waals surface area contributed by atoms with Crippen LogP contribution in [0.5, 0.6) is 0 Å². The summed E-state index contributed by atoms with van der Waals surface area (Å²) in [7, 11) is 0. The number of hydrogen-bond donors (Lipinski definition) is 2. The lowest BCUT2D eigenvalue weighted by Crippen LogP contribution is -2.24. The molecule has 3 aromatic rings. The summed E-state index contributed by atoms with van der Waals surface area (Å²) in [5.74, 6) is 0. The Labute approximate surface area is 146 Å². The minimum Gasteiger partial charge on any atom is -0.394 e. The van der Waals surface area contributed by atoms with E-state index in [1.54, 1.807) is 34.0 Å². The van der Waals surface area contributed by atoms with E-state index in [1.165, 1.54) is 19.5 Å². The van der Waals surface area contributed by atoms with E-state index in [1.807, 2.05) is 0 Å². The van der Waals surface area contributed by atoms with Crippen molar-refractivity contribution in [2.75, 3.05) is 6.61 Å². The molecule has 2 N–H and O–H groups in total. The Morgan fingerprint density at radius 1 is 1.00 bits per heavy atom. The van der Waals surface area contributed by atoms with Gasteiger partial charge in [-0.05, 0) is 35.7 Å². The van der Waals surface area contributed by atoms with Gasteiger partial charge in [0.25, 0.3) is 0 Å². The third-order valence-electron chi connectivity index (χ3n) is 3.96. The van der Waals surface area contributed by atoms with E-state index in [2.05, 4.69) is 41.8 Å². The molecule has 1 aliphatic rings. The van der Waals surface area contributed by atoms with Crippen molar-refractivity contribution in [3.05, 3.63) is 46.7 Å². The summed E-state index contributed by atoms with van der Waals surface area (Å²) in [6, 6.07) is 12.7. The summed E-state index contributed by atoms with van der Waals surface area (Å²) in [4.78, 5) is 6.17. The highest BCUT2D eigenvalue weighted by molar-refractivity contribution is 7.26. The van der Waals surface area contributed by atoms with Crippen molar-refractivity contribution < 1.29 is 14.9 Å². The van der Waals surface area contributed by atoms with Crippen LogP contribution >= 0.6 is 34.0 Å². The van der Waals surface area contributed by atoms with Crippen LogP contribution in [0.3, 0.4) is 0 Å². The first-order valence-electron chi connectivity index (χ1n) is 7.43.